The van der Waals surface area contributed by atoms with E-state index in [4.69, 9.17) is 0 Å². The van der Waals surface area contributed by atoms with E-state index in [0.29, 0.717) is 5.69 Å². The summed E-state index contributed by atoms with van der Waals surface area (Å²) in [6, 6.07) is 8.03. The minimum Gasteiger partial charge on any atom is -0.391 e. The molecule has 0 bridgehead atoms. The molecule has 0 saturated heterocycles. The average Bonchev–Trinajstić information content (AvgIpc) is 3.04. The molecular formula is C16H12FN5O2. The van der Waals surface area contributed by atoms with Crippen molar-refractivity contribution >= 4 is 28.1 Å². The Labute approximate surface area is 134 Å². The van der Waals surface area contributed by atoms with Crippen molar-refractivity contribution < 1.29 is 9.50 Å². The molecule has 0 spiro atoms. The number of rotatable bonds is 3. The summed E-state index contributed by atoms with van der Waals surface area (Å²) in [6.45, 7) is -0.512. The smallest absolute Gasteiger partial charge is 0.265 e. The van der Waals surface area contributed by atoms with Gasteiger partial charge in [-0.1, -0.05) is 0 Å². The third-order valence-electron chi connectivity index (χ3n) is 3.76. The molecule has 0 aliphatic rings. The van der Waals surface area contributed by atoms with E-state index in [1.54, 1.807) is 12.3 Å². The van der Waals surface area contributed by atoms with Gasteiger partial charge in [-0.15, -0.1) is 0 Å². The fourth-order valence-electron chi connectivity index (χ4n) is 2.57. The first-order valence-corrected chi connectivity index (χ1v) is 7.18. The summed E-state index contributed by atoms with van der Waals surface area (Å²) < 4.78 is 15.0. The molecule has 0 fully saturated rings. The molecule has 4 aromatic rings. The summed E-state index contributed by atoms with van der Waals surface area (Å²) in [4.78, 5) is 16.6. The second-order valence-electron chi connectivity index (χ2n) is 5.25. The van der Waals surface area contributed by atoms with Crippen molar-refractivity contribution in [1.82, 2.24) is 19.6 Å². The number of nitrogens with zero attached hydrogens (tertiary/aromatic N) is 3. The highest BCUT2D eigenvalue weighted by atomic mass is 19.1. The van der Waals surface area contributed by atoms with E-state index in [-0.39, 0.29) is 17.0 Å². The first-order chi connectivity index (χ1) is 11.7. The molecule has 3 N–H and O–H groups in total. The SMILES string of the molecule is O=c1c(CO)c(Nc2ccc3[nH]ncc3c2)nc2c(F)cccn12. The number of benzene rings is 1. The van der Waals surface area contributed by atoms with Gasteiger partial charge >= 0.3 is 0 Å². The molecule has 0 unspecified atom stereocenters. The Bertz CT molecular complexity index is 1120. The molecule has 24 heavy (non-hydrogen) atoms. The largest absolute Gasteiger partial charge is 0.391 e. The number of aromatic amines is 1. The molecule has 8 heteroatoms. The lowest BCUT2D eigenvalue weighted by atomic mass is 10.2. The number of halogens is 1. The predicted octanol–water partition coefficient (Wildman–Crippen LogP) is 1.95. The van der Waals surface area contributed by atoms with Gasteiger partial charge in [0.15, 0.2) is 11.5 Å². The minimum atomic E-state index is -0.618. The van der Waals surface area contributed by atoms with Crippen LogP contribution in [0.2, 0.25) is 0 Å². The van der Waals surface area contributed by atoms with Gasteiger partial charge in [0.05, 0.1) is 23.9 Å². The van der Waals surface area contributed by atoms with E-state index >= 15 is 0 Å². The van der Waals surface area contributed by atoms with Crippen LogP contribution in [0.5, 0.6) is 0 Å². The maximum Gasteiger partial charge on any atom is 0.265 e. The molecule has 0 saturated carbocycles. The number of pyridine rings is 1. The molecule has 0 amide bonds. The highest BCUT2D eigenvalue weighted by Crippen LogP contribution is 2.22. The Morgan fingerprint density at radius 1 is 1.33 bits per heavy atom. The number of H-pyrrole nitrogens is 1. The van der Waals surface area contributed by atoms with Gasteiger partial charge in [0, 0.05) is 17.3 Å². The van der Waals surface area contributed by atoms with Crippen LogP contribution in [-0.2, 0) is 6.61 Å². The lowest BCUT2D eigenvalue weighted by Gasteiger charge is -2.11. The summed E-state index contributed by atoms with van der Waals surface area (Å²) in [5.74, 6) is -0.497. The van der Waals surface area contributed by atoms with Crippen molar-refractivity contribution in [2.75, 3.05) is 5.32 Å². The second kappa shape index (κ2) is 5.43. The average molecular weight is 325 g/mol. The van der Waals surface area contributed by atoms with Crippen LogP contribution in [0.3, 0.4) is 0 Å². The van der Waals surface area contributed by atoms with E-state index in [1.165, 1.54) is 18.3 Å². The monoisotopic (exact) mass is 325 g/mol. The Kier molecular flexibility index (Phi) is 3.24. The summed E-state index contributed by atoms with van der Waals surface area (Å²) >= 11 is 0. The molecule has 3 heterocycles. The van der Waals surface area contributed by atoms with Crippen LogP contribution in [0.15, 0.2) is 47.5 Å². The molecule has 7 nitrogen and oxygen atoms in total. The van der Waals surface area contributed by atoms with Gasteiger partial charge in [-0.2, -0.15) is 5.10 Å². The maximum absolute atomic E-state index is 14.0. The second-order valence-corrected chi connectivity index (χ2v) is 5.25. The topological polar surface area (TPSA) is 95.3 Å². The summed E-state index contributed by atoms with van der Waals surface area (Å²) in [5.41, 5.74) is 0.942. The Balaban J connectivity index is 1.88. The van der Waals surface area contributed by atoms with Gasteiger partial charge in [0.1, 0.15) is 5.82 Å². The number of nitrogens with one attached hydrogen (secondary N) is 2. The fraction of sp³-hybridized carbons (Fsp3) is 0.0625. The first-order valence-electron chi connectivity index (χ1n) is 7.18. The lowest BCUT2D eigenvalue weighted by Crippen LogP contribution is -2.22. The number of fused-ring (bicyclic) bond motifs is 2. The lowest BCUT2D eigenvalue weighted by molar-refractivity contribution is 0.280. The van der Waals surface area contributed by atoms with Crippen molar-refractivity contribution in [1.29, 1.82) is 0 Å². The maximum atomic E-state index is 14.0. The van der Waals surface area contributed by atoms with E-state index in [1.807, 2.05) is 12.1 Å². The van der Waals surface area contributed by atoms with Gasteiger partial charge < -0.3 is 10.4 Å². The van der Waals surface area contributed by atoms with Crippen molar-refractivity contribution in [3.8, 4) is 0 Å². The summed E-state index contributed by atoms with van der Waals surface area (Å²) in [6.07, 6.45) is 3.07. The van der Waals surface area contributed by atoms with E-state index < -0.39 is 18.0 Å². The van der Waals surface area contributed by atoms with E-state index in [0.717, 1.165) is 15.3 Å². The van der Waals surface area contributed by atoms with Gasteiger partial charge in [-0.3, -0.25) is 14.3 Å². The van der Waals surface area contributed by atoms with E-state index in [2.05, 4.69) is 20.5 Å². The zero-order valence-corrected chi connectivity index (χ0v) is 12.3. The van der Waals surface area contributed by atoms with E-state index in [9.17, 15) is 14.3 Å². The number of aliphatic hydroxyl groups is 1. The fourth-order valence-corrected chi connectivity index (χ4v) is 2.57. The molecule has 0 aliphatic carbocycles. The normalized spacial score (nSPS) is 11.2. The Morgan fingerprint density at radius 3 is 3.04 bits per heavy atom. The van der Waals surface area contributed by atoms with Crippen LogP contribution >= 0.6 is 0 Å². The van der Waals surface area contributed by atoms with Crippen molar-refractivity contribution in [2.45, 2.75) is 6.61 Å². The number of hydrogen-bond acceptors (Lipinski definition) is 5. The number of hydrogen-bond donors (Lipinski definition) is 3. The molecule has 4 rings (SSSR count). The molecule has 1 aromatic carbocycles. The van der Waals surface area contributed by atoms with Crippen molar-refractivity contribution in [2.24, 2.45) is 0 Å². The molecule has 0 atom stereocenters. The molecule has 120 valence electrons. The standard InChI is InChI=1S/C16H12FN5O2/c17-12-2-1-5-22-15(12)20-14(11(8-23)16(22)24)19-10-3-4-13-9(6-10)7-18-21-13/h1-7,19,23H,8H2,(H,18,21). The van der Waals surface area contributed by atoms with Crippen LogP contribution in [0.4, 0.5) is 15.9 Å². The number of aliphatic hydroxyl groups excluding tert-OH is 1. The van der Waals surface area contributed by atoms with Gasteiger partial charge in [-0.05, 0) is 30.3 Å². The van der Waals surface area contributed by atoms with Gasteiger partial charge in [0.2, 0.25) is 0 Å². The quantitative estimate of drug-likeness (QED) is 0.535. The predicted molar refractivity (Wildman–Crippen MR) is 86.7 cm³/mol. The highest BCUT2D eigenvalue weighted by molar-refractivity contribution is 5.82. The molecule has 0 radical (unpaired) electrons. The van der Waals surface area contributed by atoms with Gasteiger partial charge in [-0.25, -0.2) is 9.37 Å². The van der Waals surface area contributed by atoms with Crippen molar-refractivity contribution in [3.05, 3.63) is 64.5 Å². The zero-order chi connectivity index (χ0) is 16.7. The number of aromatic nitrogens is 4. The summed E-state index contributed by atoms with van der Waals surface area (Å²) in [7, 11) is 0. The molecule has 3 aromatic heterocycles. The van der Waals surface area contributed by atoms with Crippen LogP contribution in [0, 0.1) is 5.82 Å². The van der Waals surface area contributed by atoms with Crippen LogP contribution in [-0.4, -0.2) is 24.7 Å². The molecule has 0 aliphatic heterocycles. The third-order valence-corrected chi connectivity index (χ3v) is 3.76. The zero-order valence-electron chi connectivity index (χ0n) is 12.3. The first kappa shape index (κ1) is 14.3. The Hall–Kier alpha value is -3.26. The van der Waals surface area contributed by atoms with Crippen LogP contribution in [0.1, 0.15) is 5.56 Å². The molecular weight excluding hydrogens is 313 g/mol. The Morgan fingerprint density at radius 2 is 2.21 bits per heavy atom. The van der Waals surface area contributed by atoms with Crippen LogP contribution < -0.4 is 10.9 Å². The van der Waals surface area contributed by atoms with Crippen molar-refractivity contribution in [3.63, 3.8) is 0 Å². The highest BCUT2D eigenvalue weighted by Gasteiger charge is 2.14. The number of anilines is 2. The third kappa shape index (κ3) is 2.20. The minimum absolute atomic E-state index is 0.0605. The summed E-state index contributed by atoms with van der Waals surface area (Å²) in [5, 5.41) is 20.2. The van der Waals surface area contributed by atoms with Gasteiger partial charge in [0.25, 0.3) is 5.56 Å². The van der Waals surface area contributed by atoms with Crippen LogP contribution in [0.25, 0.3) is 16.6 Å².